The summed E-state index contributed by atoms with van der Waals surface area (Å²) in [5, 5.41) is 3.48. The molecule has 0 radical (unpaired) electrons. The Morgan fingerprint density at radius 3 is 2.65 bits per heavy atom. The Kier molecular flexibility index (Phi) is 6.34. The molecule has 2 aliphatic rings. The Balaban J connectivity index is 0.00000192. The second kappa shape index (κ2) is 7.86. The van der Waals surface area contributed by atoms with Gasteiger partial charge < -0.3 is 10.2 Å². The quantitative estimate of drug-likeness (QED) is 0.445. The minimum atomic E-state index is 0. The molecule has 3 rings (SSSR count). The van der Waals surface area contributed by atoms with Crippen LogP contribution in [-0.4, -0.2) is 37.0 Å². The predicted molar refractivity (Wildman–Crippen MR) is 109 cm³/mol. The highest BCUT2D eigenvalue weighted by atomic mass is 127. The number of hydrogen-bond acceptors (Lipinski definition) is 1. The first kappa shape index (κ1) is 18.6. The second-order valence-electron chi connectivity index (χ2n) is 7.54. The molecule has 0 aromatic heterocycles. The number of halogens is 1. The van der Waals surface area contributed by atoms with Gasteiger partial charge in [-0.1, -0.05) is 44.2 Å². The van der Waals surface area contributed by atoms with Crippen LogP contribution < -0.4 is 5.32 Å². The van der Waals surface area contributed by atoms with Gasteiger partial charge in [0.05, 0.1) is 0 Å². The third-order valence-electron chi connectivity index (χ3n) is 4.94. The summed E-state index contributed by atoms with van der Waals surface area (Å²) in [5.41, 5.74) is 1.90. The van der Waals surface area contributed by atoms with Gasteiger partial charge in [0.1, 0.15) is 0 Å². The zero-order valence-corrected chi connectivity index (χ0v) is 16.9. The normalized spacial score (nSPS) is 25.9. The van der Waals surface area contributed by atoms with Crippen molar-refractivity contribution in [2.24, 2.45) is 16.3 Å². The van der Waals surface area contributed by atoms with Crippen molar-refractivity contribution in [3.63, 3.8) is 0 Å². The lowest BCUT2D eigenvalue weighted by atomic mass is 9.93. The monoisotopic (exact) mass is 427 g/mol. The van der Waals surface area contributed by atoms with Gasteiger partial charge in [0.15, 0.2) is 5.96 Å². The highest BCUT2D eigenvalue weighted by Crippen LogP contribution is 2.47. The van der Waals surface area contributed by atoms with Crippen LogP contribution in [0.2, 0.25) is 0 Å². The summed E-state index contributed by atoms with van der Waals surface area (Å²) in [4.78, 5) is 7.36. The largest absolute Gasteiger partial charge is 0.357 e. The van der Waals surface area contributed by atoms with E-state index in [9.17, 15) is 0 Å². The standard InChI is InChI=1S/C19H29N3.HI/c1-4-20-18(22-11-10-19(2,3)14-22)21-13-16-12-17(16)15-8-6-5-7-9-15;/h5-9,16-17H,4,10-14H2,1-3H3,(H,20,21);1H. The molecule has 1 aliphatic heterocycles. The number of likely N-dealkylation sites (tertiary alicyclic amines) is 1. The number of aliphatic imine (C=N–C) groups is 1. The molecule has 1 aromatic rings. The van der Waals surface area contributed by atoms with Crippen LogP contribution >= 0.6 is 24.0 Å². The van der Waals surface area contributed by atoms with Crippen molar-refractivity contribution in [1.29, 1.82) is 0 Å². The highest BCUT2D eigenvalue weighted by molar-refractivity contribution is 14.0. The summed E-state index contributed by atoms with van der Waals surface area (Å²) in [7, 11) is 0. The van der Waals surface area contributed by atoms with E-state index in [4.69, 9.17) is 4.99 Å². The second-order valence-corrected chi connectivity index (χ2v) is 7.54. The number of nitrogens with zero attached hydrogens (tertiary/aromatic N) is 2. The molecule has 2 fully saturated rings. The van der Waals surface area contributed by atoms with Crippen LogP contribution in [0.1, 0.15) is 45.1 Å². The molecule has 0 bridgehead atoms. The lowest BCUT2D eigenvalue weighted by Crippen LogP contribution is -2.40. The van der Waals surface area contributed by atoms with Gasteiger partial charge in [-0.15, -0.1) is 24.0 Å². The van der Waals surface area contributed by atoms with E-state index >= 15 is 0 Å². The average molecular weight is 427 g/mol. The van der Waals surface area contributed by atoms with Crippen molar-refractivity contribution in [2.45, 2.75) is 39.5 Å². The molecular weight excluding hydrogens is 397 g/mol. The third kappa shape index (κ3) is 4.85. The zero-order chi connectivity index (χ0) is 15.6. The number of hydrogen-bond donors (Lipinski definition) is 1. The number of nitrogens with one attached hydrogen (secondary N) is 1. The maximum absolute atomic E-state index is 4.93. The van der Waals surface area contributed by atoms with E-state index < -0.39 is 0 Å². The predicted octanol–water partition coefficient (Wildman–Crippen LogP) is 4.11. The van der Waals surface area contributed by atoms with Gasteiger partial charge in [0.2, 0.25) is 0 Å². The van der Waals surface area contributed by atoms with Crippen LogP contribution in [0.25, 0.3) is 0 Å². The average Bonchev–Trinajstić information content (AvgIpc) is 3.20. The molecule has 4 heteroatoms. The topological polar surface area (TPSA) is 27.6 Å². The van der Waals surface area contributed by atoms with Crippen molar-refractivity contribution in [2.75, 3.05) is 26.2 Å². The Morgan fingerprint density at radius 1 is 1.30 bits per heavy atom. The fourth-order valence-corrected chi connectivity index (χ4v) is 3.48. The van der Waals surface area contributed by atoms with Crippen molar-refractivity contribution in [3.05, 3.63) is 35.9 Å². The van der Waals surface area contributed by atoms with Crippen LogP contribution in [0.3, 0.4) is 0 Å². The summed E-state index contributed by atoms with van der Waals surface area (Å²) in [5.74, 6) is 2.57. The Bertz CT molecular complexity index is 527. The van der Waals surface area contributed by atoms with Crippen LogP contribution in [0.5, 0.6) is 0 Å². The van der Waals surface area contributed by atoms with Crippen molar-refractivity contribution in [3.8, 4) is 0 Å². The van der Waals surface area contributed by atoms with E-state index in [-0.39, 0.29) is 24.0 Å². The van der Waals surface area contributed by atoms with Crippen LogP contribution in [0.4, 0.5) is 0 Å². The SMILES string of the molecule is CCNC(=NCC1CC1c1ccccc1)N1CCC(C)(C)C1.I. The molecule has 3 nitrogen and oxygen atoms in total. The van der Waals surface area contributed by atoms with Gasteiger partial charge >= 0.3 is 0 Å². The molecule has 0 spiro atoms. The van der Waals surface area contributed by atoms with Gasteiger partial charge in [0.25, 0.3) is 0 Å². The maximum atomic E-state index is 4.93. The lowest BCUT2D eigenvalue weighted by molar-refractivity contribution is 0.370. The Morgan fingerprint density at radius 2 is 2.04 bits per heavy atom. The first-order chi connectivity index (χ1) is 10.6. The number of guanidine groups is 1. The molecule has 1 heterocycles. The molecule has 1 saturated heterocycles. The zero-order valence-electron chi connectivity index (χ0n) is 14.6. The van der Waals surface area contributed by atoms with Gasteiger partial charge in [-0.3, -0.25) is 4.99 Å². The molecule has 1 aliphatic carbocycles. The first-order valence-electron chi connectivity index (χ1n) is 8.67. The molecule has 1 aromatic carbocycles. The molecule has 1 saturated carbocycles. The van der Waals surface area contributed by atoms with Crippen LogP contribution in [0.15, 0.2) is 35.3 Å². The van der Waals surface area contributed by atoms with E-state index in [0.717, 1.165) is 44.0 Å². The third-order valence-corrected chi connectivity index (χ3v) is 4.94. The van der Waals surface area contributed by atoms with E-state index in [1.807, 2.05) is 0 Å². The van der Waals surface area contributed by atoms with Crippen molar-refractivity contribution >= 4 is 29.9 Å². The fourth-order valence-electron chi connectivity index (χ4n) is 3.48. The van der Waals surface area contributed by atoms with E-state index in [0.29, 0.717) is 5.41 Å². The smallest absolute Gasteiger partial charge is 0.193 e. The molecule has 2 unspecified atom stereocenters. The number of benzene rings is 1. The summed E-state index contributed by atoms with van der Waals surface area (Å²) >= 11 is 0. The van der Waals surface area contributed by atoms with Gasteiger partial charge in [-0.2, -0.15) is 0 Å². The lowest BCUT2D eigenvalue weighted by Gasteiger charge is -2.23. The Labute approximate surface area is 158 Å². The molecular formula is C19H30IN3. The fraction of sp³-hybridized carbons (Fsp3) is 0.632. The van der Waals surface area contributed by atoms with Crippen molar-refractivity contribution in [1.82, 2.24) is 10.2 Å². The van der Waals surface area contributed by atoms with Crippen LogP contribution in [-0.2, 0) is 0 Å². The Hall–Kier alpha value is -0.780. The van der Waals surface area contributed by atoms with Gasteiger partial charge in [0, 0.05) is 26.2 Å². The number of rotatable bonds is 4. The first-order valence-corrected chi connectivity index (χ1v) is 8.67. The van der Waals surface area contributed by atoms with Crippen molar-refractivity contribution < 1.29 is 0 Å². The molecule has 23 heavy (non-hydrogen) atoms. The molecule has 1 N–H and O–H groups in total. The van der Waals surface area contributed by atoms with Crippen LogP contribution in [0, 0.1) is 11.3 Å². The van der Waals surface area contributed by atoms with Gasteiger partial charge in [-0.25, -0.2) is 0 Å². The molecule has 2 atom stereocenters. The minimum Gasteiger partial charge on any atom is -0.357 e. The summed E-state index contributed by atoms with van der Waals surface area (Å²) in [6, 6.07) is 10.9. The maximum Gasteiger partial charge on any atom is 0.193 e. The summed E-state index contributed by atoms with van der Waals surface area (Å²) in [6.07, 6.45) is 2.55. The molecule has 128 valence electrons. The van der Waals surface area contributed by atoms with Gasteiger partial charge in [-0.05, 0) is 42.6 Å². The minimum absolute atomic E-state index is 0. The van der Waals surface area contributed by atoms with E-state index in [1.165, 1.54) is 18.4 Å². The molecule has 0 amide bonds. The summed E-state index contributed by atoms with van der Waals surface area (Å²) < 4.78 is 0. The van der Waals surface area contributed by atoms with E-state index in [1.54, 1.807) is 0 Å². The van der Waals surface area contributed by atoms with E-state index in [2.05, 4.69) is 61.3 Å². The summed E-state index contributed by atoms with van der Waals surface area (Å²) in [6.45, 7) is 11.0. The highest BCUT2D eigenvalue weighted by Gasteiger charge is 2.38.